The fourth-order valence-electron chi connectivity index (χ4n) is 1.95. The molecule has 0 spiro atoms. The van der Waals surface area contributed by atoms with Crippen molar-refractivity contribution in [3.8, 4) is 12.3 Å². The van der Waals surface area contributed by atoms with Gasteiger partial charge in [-0.15, -0.1) is 6.42 Å². The predicted octanol–water partition coefficient (Wildman–Crippen LogP) is 0.714. The molecule has 118 valence electrons. The van der Waals surface area contributed by atoms with Crippen LogP contribution < -0.4 is 5.73 Å². The van der Waals surface area contributed by atoms with Crippen LogP contribution >= 0.6 is 0 Å². The highest BCUT2D eigenvalue weighted by Crippen LogP contribution is 2.36. The van der Waals surface area contributed by atoms with E-state index in [9.17, 15) is 23.4 Å². The van der Waals surface area contributed by atoms with E-state index in [1.54, 1.807) is 0 Å². The Morgan fingerprint density at radius 3 is 2.57 bits per heavy atom. The van der Waals surface area contributed by atoms with Gasteiger partial charge in [0, 0.05) is 25.6 Å². The van der Waals surface area contributed by atoms with Crippen LogP contribution in [-0.2, 0) is 4.74 Å². The van der Waals surface area contributed by atoms with Crippen molar-refractivity contribution >= 4 is 5.71 Å². The molecule has 4 N–H and O–H groups in total. The second kappa shape index (κ2) is 6.47. The third-order valence-corrected chi connectivity index (χ3v) is 3.04. The van der Waals surface area contributed by atoms with Crippen molar-refractivity contribution in [3.05, 3.63) is 11.8 Å². The maximum absolute atomic E-state index is 13.1. The summed E-state index contributed by atoms with van der Waals surface area (Å²) in [6, 6.07) is -0.786. The number of hydrogen-bond acceptors (Lipinski definition) is 5. The minimum Gasteiger partial charge on any atom is -0.404 e. The minimum absolute atomic E-state index is 0.00389. The van der Waals surface area contributed by atoms with E-state index >= 15 is 0 Å². The van der Waals surface area contributed by atoms with Gasteiger partial charge in [0.25, 0.3) is 0 Å². The van der Waals surface area contributed by atoms with Gasteiger partial charge < -0.3 is 20.7 Å². The van der Waals surface area contributed by atoms with Crippen molar-refractivity contribution in [1.82, 2.24) is 0 Å². The number of terminal acetylenes is 1. The van der Waals surface area contributed by atoms with Crippen LogP contribution in [0.15, 0.2) is 16.8 Å². The third kappa shape index (κ3) is 4.20. The van der Waals surface area contributed by atoms with Gasteiger partial charge in [-0.3, -0.25) is 4.99 Å². The maximum Gasteiger partial charge on any atom is 0.433 e. The lowest BCUT2D eigenvalue weighted by Gasteiger charge is -2.38. The lowest BCUT2D eigenvalue weighted by Crippen LogP contribution is -2.46. The van der Waals surface area contributed by atoms with Crippen molar-refractivity contribution < 1.29 is 28.1 Å². The standard InChI is InChI=1S/C13H17F3N2O3/c1-3-12(20)5-8(6-12)18-10(13(14,15)16)9(7-17)11(19)21-4-2/h1,7-8,11,19-20H,4-6,17H2,2H3. The van der Waals surface area contributed by atoms with Crippen LogP contribution in [0.4, 0.5) is 13.2 Å². The van der Waals surface area contributed by atoms with Crippen molar-refractivity contribution in [2.75, 3.05) is 6.61 Å². The van der Waals surface area contributed by atoms with Gasteiger partial charge in [0.05, 0.1) is 11.6 Å². The van der Waals surface area contributed by atoms with Gasteiger partial charge in [0.1, 0.15) is 11.3 Å². The monoisotopic (exact) mass is 306 g/mol. The van der Waals surface area contributed by atoms with Crippen LogP contribution in [-0.4, -0.2) is 46.6 Å². The zero-order valence-corrected chi connectivity index (χ0v) is 11.4. The molecule has 1 saturated carbocycles. The summed E-state index contributed by atoms with van der Waals surface area (Å²) in [4.78, 5) is 3.52. The number of ether oxygens (including phenoxy) is 1. The number of nitrogens with two attached hydrogens (primary N) is 1. The molecule has 1 aliphatic carbocycles. The molecule has 0 aromatic rings. The van der Waals surface area contributed by atoms with E-state index < -0.39 is 35.4 Å². The lowest BCUT2D eigenvalue weighted by atomic mass is 9.76. The smallest absolute Gasteiger partial charge is 0.404 e. The van der Waals surface area contributed by atoms with Gasteiger partial charge in [0.15, 0.2) is 6.29 Å². The van der Waals surface area contributed by atoms with Gasteiger partial charge in [0.2, 0.25) is 0 Å². The molecule has 0 radical (unpaired) electrons. The zero-order chi connectivity index (χ0) is 16.3. The first-order valence-corrected chi connectivity index (χ1v) is 6.24. The fraction of sp³-hybridized carbons (Fsp3) is 0.615. The lowest BCUT2D eigenvalue weighted by molar-refractivity contribution is -0.0786. The van der Waals surface area contributed by atoms with Crippen molar-refractivity contribution in [3.63, 3.8) is 0 Å². The molecule has 1 aliphatic rings. The molecule has 1 rings (SSSR count). The number of aliphatic hydroxyl groups is 2. The summed E-state index contributed by atoms with van der Waals surface area (Å²) in [5, 5.41) is 19.2. The van der Waals surface area contributed by atoms with E-state index in [4.69, 9.17) is 16.9 Å². The normalized spacial score (nSPS) is 28.7. The molecule has 0 aromatic heterocycles. The maximum atomic E-state index is 13.1. The summed E-state index contributed by atoms with van der Waals surface area (Å²) in [7, 11) is 0. The summed E-state index contributed by atoms with van der Waals surface area (Å²) in [6.07, 6.45) is -1.13. The molecule has 0 amide bonds. The van der Waals surface area contributed by atoms with Crippen LogP contribution in [0.5, 0.6) is 0 Å². The summed E-state index contributed by atoms with van der Waals surface area (Å²) in [5.41, 5.74) is 1.74. The average Bonchev–Trinajstić information content (AvgIpc) is 2.35. The topological polar surface area (TPSA) is 88.1 Å². The number of halogens is 3. The van der Waals surface area contributed by atoms with E-state index in [0.717, 1.165) is 0 Å². The Morgan fingerprint density at radius 1 is 1.62 bits per heavy atom. The SMILES string of the molecule is C#CC1(O)CC(N=C(C(=CN)C(O)OCC)C(F)(F)F)C1. The van der Waals surface area contributed by atoms with Gasteiger partial charge >= 0.3 is 6.18 Å². The van der Waals surface area contributed by atoms with E-state index in [1.807, 2.05) is 0 Å². The Hall–Kier alpha value is -1.56. The molecule has 0 heterocycles. The molecule has 1 unspecified atom stereocenters. The molecule has 1 atom stereocenters. The molecule has 1 fully saturated rings. The molecule has 8 heteroatoms. The van der Waals surface area contributed by atoms with E-state index in [-0.39, 0.29) is 19.4 Å². The Labute approximate surface area is 120 Å². The summed E-state index contributed by atoms with van der Waals surface area (Å²) < 4.78 is 43.9. The highest BCUT2D eigenvalue weighted by molar-refractivity contribution is 6.04. The zero-order valence-electron chi connectivity index (χ0n) is 11.4. The number of aliphatic hydroxyl groups excluding tert-OH is 1. The Morgan fingerprint density at radius 2 is 2.19 bits per heavy atom. The van der Waals surface area contributed by atoms with Gasteiger partial charge in [-0.2, -0.15) is 13.2 Å². The molecule has 0 aliphatic heterocycles. The summed E-state index contributed by atoms with van der Waals surface area (Å²) in [5.74, 6) is 2.10. The summed E-state index contributed by atoms with van der Waals surface area (Å²) in [6.45, 7) is 1.52. The number of nitrogens with zero attached hydrogens (tertiary/aromatic N) is 1. The van der Waals surface area contributed by atoms with Crippen molar-refractivity contribution in [1.29, 1.82) is 0 Å². The Kier molecular flexibility index (Phi) is 5.39. The van der Waals surface area contributed by atoms with E-state index in [2.05, 4.69) is 10.9 Å². The van der Waals surface area contributed by atoms with Crippen molar-refractivity contribution in [2.45, 2.75) is 43.9 Å². The molecule has 21 heavy (non-hydrogen) atoms. The van der Waals surface area contributed by atoms with Crippen LogP contribution in [0, 0.1) is 12.3 Å². The third-order valence-electron chi connectivity index (χ3n) is 3.04. The molecular weight excluding hydrogens is 289 g/mol. The van der Waals surface area contributed by atoms with Crippen LogP contribution in [0.3, 0.4) is 0 Å². The predicted molar refractivity (Wildman–Crippen MR) is 70.2 cm³/mol. The minimum atomic E-state index is -4.81. The second-order valence-electron chi connectivity index (χ2n) is 4.64. The average molecular weight is 306 g/mol. The highest BCUT2D eigenvalue weighted by Gasteiger charge is 2.45. The largest absolute Gasteiger partial charge is 0.433 e. The van der Waals surface area contributed by atoms with Gasteiger partial charge in [-0.05, 0) is 6.92 Å². The van der Waals surface area contributed by atoms with Gasteiger partial charge in [-0.25, -0.2) is 0 Å². The molecule has 0 aromatic carbocycles. The highest BCUT2D eigenvalue weighted by atomic mass is 19.4. The first-order chi connectivity index (χ1) is 9.66. The van der Waals surface area contributed by atoms with E-state index in [0.29, 0.717) is 6.20 Å². The van der Waals surface area contributed by atoms with Crippen LogP contribution in [0.2, 0.25) is 0 Å². The van der Waals surface area contributed by atoms with E-state index in [1.165, 1.54) is 6.92 Å². The Balaban J connectivity index is 3.00. The van der Waals surface area contributed by atoms with Crippen LogP contribution in [0.25, 0.3) is 0 Å². The quantitative estimate of drug-likeness (QED) is 0.397. The van der Waals surface area contributed by atoms with Gasteiger partial charge in [-0.1, -0.05) is 5.92 Å². The molecule has 5 nitrogen and oxygen atoms in total. The number of aliphatic imine (C=N–C) groups is 1. The number of hydrogen-bond donors (Lipinski definition) is 3. The second-order valence-corrected chi connectivity index (χ2v) is 4.64. The molecule has 0 saturated heterocycles. The fourth-order valence-corrected chi connectivity index (χ4v) is 1.95. The molecular formula is C13H17F3N2O3. The van der Waals surface area contributed by atoms with Crippen LogP contribution in [0.1, 0.15) is 19.8 Å². The first kappa shape index (κ1) is 17.5. The Bertz CT molecular complexity index is 474. The first-order valence-electron chi connectivity index (χ1n) is 6.24. The summed E-state index contributed by atoms with van der Waals surface area (Å²) >= 11 is 0. The number of alkyl halides is 3. The number of rotatable bonds is 5. The van der Waals surface area contributed by atoms with Crippen molar-refractivity contribution in [2.24, 2.45) is 10.7 Å². The molecule has 0 bridgehead atoms.